The van der Waals surface area contributed by atoms with Gasteiger partial charge in [0.1, 0.15) is 0 Å². The van der Waals surface area contributed by atoms with Gasteiger partial charge in [-0.25, -0.2) is 0 Å². The Bertz CT molecular complexity index is 20.9. The molecule has 0 aliphatic rings. The van der Waals surface area contributed by atoms with Gasteiger partial charge < -0.3 is 5.11 Å². The molecule has 0 aliphatic carbocycles. The fourth-order valence-electron chi connectivity index (χ4n) is 0. The van der Waals surface area contributed by atoms with Gasteiger partial charge in [0.05, 0.1) is 0 Å². The van der Waals surface area contributed by atoms with Gasteiger partial charge >= 0.3 is 0 Å². The number of hydrogen-bond acceptors (Lipinski definition) is 1. The molecule has 0 amide bonds. The number of rotatable bonds is 0. The minimum absolute atomic E-state index is 0.111. The topological polar surface area (TPSA) is 20.2 Å². The van der Waals surface area contributed by atoms with Gasteiger partial charge in [0.25, 0.3) is 0 Å². The predicted molar refractivity (Wildman–Crippen MR) is 17.4 cm³/mol. The summed E-state index contributed by atoms with van der Waals surface area (Å²) in [7, 11) is 0. The Balaban J connectivity index is 2.54. The predicted octanol–water partition coefficient (Wildman–Crippen LogP) is 0.387. The molecule has 1 nitrogen and oxygen atoms in total. The highest BCUT2D eigenvalue weighted by molar-refractivity contribution is 4.20. The van der Waals surface area contributed by atoms with Crippen molar-refractivity contribution >= 4 is 0 Å². The lowest BCUT2D eigenvalue weighted by molar-refractivity contribution is 0.216. The van der Waals surface area contributed by atoms with Crippen molar-refractivity contribution in [2.75, 3.05) is 0 Å². The second-order valence-corrected chi connectivity index (χ2v) is 0.849. The van der Waals surface area contributed by atoms with Crippen molar-refractivity contribution in [1.29, 1.82) is 0 Å². The third-order valence-electron chi connectivity index (χ3n) is 0. The molecular formula is C3H8O. The molecule has 4 heavy (non-hydrogen) atoms. The van der Waals surface area contributed by atoms with E-state index in [1.54, 1.807) is 6.92 Å². The summed E-state index contributed by atoms with van der Waals surface area (Å²) in [6.45, 7) is 1.70. The quantitative estimate of drug-likeness (QED) is 0.429. The van der Waals surface area contributed by atoms with Gasteiger partial charge in [-0.3, -0.25) is 0 Å². The van der Waals surface area contributed by atoms with Crippen molar-refractivity contribution in [1.82, 2.24) is 0 Å². The molecule has 0 radical (unpaired) electrons. The van der Waals surface area contributed by atoms with Crippen LogP contribution in [0.3, 0.4) is 0 Å². The van der Waals surface area contributed by atoms with Crippen LogP contribution in [0.1, 0.15) is 15.2 Å². The average Bonchev–Trinajstić information content (AvgIpc) is 1.38. The summed E-state index contributed by atoms with van der Waals surface area (Å²) >= 11 is 0. The van der Waals surface area contributed by atoms with E-state index in [9.17, 15) is 0 Å². The zero-order valence-corrected chi connectivity index (χ0v) is 2.73. The lowest BCUT2D eigenvalue weighted by Crippen LogP contribution is -1.85. The first kappa shape index (κ1) is 2.21. The first-order valence-electron chi connectivity index (χ1n) is 1.95. The van der Waals surface area contributed by atoms with Crippen LogP contribution in [0.4, 0.5) is 0 Å². The van der Waals surface area contributed by atoms with Crippen molar-refractivity contribution in [3.05, 3.63) is 0 Å². The van der Waals surface area contributed by atoms with Gasteiger partial charge in [0, 0.05) is 7.47 Å². The number of aliphatic hydroxyl groups excluding tert-OH is 1. The van der Waals surface area contributed by atoms with Gasteiger partial charge in [-0.15, -0.1) is 0 Å². The van der Waals surface area contributed by atoms with Gasteiger partial charge in [0.2, 0.25) is 0 Å². The summed E-state index contributed by atoms with van der Waals surface area (Å²) < 4.78 is 6.41. The van der Waals surface area contributed by atoms with Crippen LogP contribution >= 0.6 is 0 Å². The molecule has 0 aromatic carbocycles. The summed E-state index contributed by atoms with van der Waals surface area (Å²) in [5.41, 5.74) is 0. The second-order valence-electron chi connectivity index (χ2n) is 0.849. The second kappa shape index (κ2) is 1.30. The van der Waals surface area contributed by atoms with Crippen LogP contribution in [-0.4, -0.2) is 11.2 Å². The van der Waals surface area contributed by atoms with Crippen molar-refractivity contribution in [2.45, 2.75) is 19.9 Å². The molecular weight excluding hydrogens is 52.0 g/mol. The molecule has 0 spiro atoms. The highest BCUT2D eigenvalue weighted by Gasteiger charge is 1.69. The van der Waals surface area contributed by atoms with E-state index in [4.69, 9.17) is 6.48 Å². The summed E-state index contributed by atoms with van der Waals surface area (Å²) in [4.78, 5) is 0. The van der Waals surface area contributed by atoms with Crippen molar-refractivity contribution in [3.63, 3.8) is 0 Å². The van der Waals surface area contributed by atoms with E-state index in [0.29, 0.717) is 0 Å². The Hall–Kier alpha value is -0.0400. The molecule has 0 saturated carbocycles. The van der Waals surface area contributed by atoms with Crippen LogP contribution in [0, 0.1) is 0 Å². The minimum Gasteiger partial charge on any atom is -0.394 e. The van der Waals surface area contributed by atoms with E-state index in [-0.39, 0.29) is 6.90 Å². The molecule has 0 heterocycles. The molecule has 1 atom stereocenters. The Morgan fingerprint density at radius 1 is 2.25 bits per heavy atom. The Labute approximate surface area is 27.7 Å². The van der Waals surface area contributed by atoms with Crippen LogP contribution in [0.2, 0.25) is 0 Å². The zero-order chi connectivity index (χ0) is 4.28. The normalized spacial score (nSPS) is 19.0. The van der Waals surface area contributed by atoms with Crippen LogP contribution in [0.15, 0.2) is 0 Å². The molecule has 26 valence electrons. The molecule has 1 N–H and O–H groups in total. The van der Waals surface area contributed by atoms with Crippen molar-refractivity contribution < 1.29 is 6.48 Å². The van der Waals surface area contributed by atoms with E-state index in [0.717, 1.165) is 0 Å². The lowest BCUT2D eigenvalue weighted by atomic mass is 10.5. The van der Waals surface area contributed by atoms with E-state index < -0.39 is 6.10 Å². The standard InChI is InChI=1S/C3H8O/c1-3(2)4/h3-4H,1-2H3/i1D/t3-/m1/s1. The molecule has 0 aromatic rings. The molecule has 1 heteroatoms. The molecule has 0 unspecified atom stereocenters. The summed E-state index contributed by atoms with van der Waals surface area (Å²) in [6.07, 6.45) is -0.449. The molecule has 0 rings (SSSR count). The average molecular weight is 61.1 g/mol. The van der Waals surface area contributed by atoms with Gasteiger partial charge in [-0.2, -0.15) is 0 Å². The van der Waals surface area contributed by atoms with Crippen LogP contribution in [0.25, 0.3) is 0 Å². The summed E-state index contributed by atoms with van der Waals surface area (Å²) in [5, 5.41) is 8.17. The number of aliphatic hydroxyl groups is 1. The van der Waals surface area contributed by atoms with E-state index in [2.05, 4.69) is 0 Å². The largest absolute Gasteiger partial charge is 0.394 e. The molecule has 0 bridgehead atoms. The van der Waals surface area contributed by atoms with Crippen LogP contribution in [-0.2, 0) is 0 Å². The molecule has 0 fully saturated rings. The molecule has 0 aliphatic heterocycles. The van der Waals surface area contributed by atoms with Gasteiger partial charge in [0.15, 0.2) is 0 Å². The third kappa shape index (κ3) is 1130. The SMILES string of the molecule is [2H]C[C@H](C)O. The van der Waals surface area contributed by atoms with E-state index in [1.807, 2.05) is 0 Å². The Morgan fingerprint density at radius 3 is 2.50 bits per heavy atom. The molecule has 0 saturated heterocycles. The zero-order valence-electron chi connectivity index (χ0n) is 3.73. The van der Waals surface area contributed by atoms with Crippen molar-refractivity contribution in [3.8, 4) is 0 Å². The van der Waals surface area contributed by atoms with E-state index >= 15 is 0 Å². The number of hydrogen-bond donors (Lipinski definition) is 1. The minimum atomic E-state index is -0.449. The fourth-order valence-corrected chi connectivity index (χ4v) is 0. The Morgan fingerprint density at radius 2 is 2.50 bits per heavy atom. The highest BCUT2D eigenvalue weighted by Crippen LogP contribution is 1.65. The maximum absolute atomic E-state index is 8.17. The van der Waals surface area contributed by atoms with Crippen molar-refractivity contribution in [2.24, 2.45) is 0 Å². The maximum atomic E-state index is 8.17. The first-order valence-corrected chi connectivity index (χ1v) is 1.24. The third-order valence-corrected chi connectivity index (χ3v) is 0. The van der Waals surface area contributed by atoms with Crippen LogP contribution < -0.4 is 0 Å². The lowest BCUT2D eigenvalue weighted by Gasteiger charge is -1.80. The molecule has 0 aromatic heterocycles. The highest BCUT2D eigenvalue weighted by atomic mass is 16.3. The summed E-state index contributed by atoms with van der Waals surface area (Å²) in [5.74, 6) is 0. The van der Waals surface area contributed by atoms with Gasteiger partial charge in [-0.05, 0) is 13.8 Å². The first-order chi connectivity index (χ1) is 2.27. The fraction of sp³-hybridized carbons (Fsp3) is 1.00. The smallest absolute Gasteiger partial charge is 0.0483 e. The maximum Gasteiger partial charge on any atom is 0.0483 e. The van der Waals surface area contributed by atoms with Gasteiger partial charge in [-0.1, -0.05) is 0 Å². The van der Waals surface area contributed by atoms with E-state index in [1.165, 1.54) is 0 Å². The monoisotopic (exact) mass is 61.1 g/mol. The Kier molecular flexibility index (Phi) is 0.718. The summed E-state index contributed by atoms with van der Waals surface area (Å²) in [6, 6.07) is 0. The van der Waals surface area contributed by atoms with Crippen LogP contribution in [0.5, 0.6) is 0 Å².